The second-order valence-corrected chi connectivity index (χ2v) is 9.07. The number of likely N-dealkylation sites (tertiary alicyclic amines) is 1. The van der Waals surface area contributed by atoms with Crippen LogP contribution in [0.1, 0.15) is 52.0 Å². The number of methoxy groups -OCH3 is 1. The third kappa shape index (κ3) is 6.41. The number of benzene rings is 1. The monoisotopic (exact) mass is 458 g/mol. The van der Waals surface area contributed by atoms with Gasteiger partial charge in [-0.15, -0.1) is 0 Å². The minimum atomic E-state index is -0.250. The molecule has 4 rings (SSSR count). The minimum absolute atomic E-state index is 0.250. The number of nitrogens with one attached hydrogen (secondary N) is 2. The highest BCUT2D eigenvalue weighted by Gasteiger charge is 2.23. The molecular formula is C25H38N4O4. The zero-order valence-electron chi connectivity index (χ0n) is 20.3. The van der Waals surface area contributed by atoms with Gasteiger partial charge >= 0.3 is 0 Å². The Kier molecular flexibility index (Phi) is 9.00. The van der Waals surface area contributed by atoms with E-state index in [1.165, 1.54) is 37.2 Å². The van der Waals surface area contributed by atoms with Crippen molar-refractivity contribution >= 4 is 28.9 Å². The van der Waals surface area contributed by atoms with Crippen LogP contribution >= 0.6 is 0 Å². The SMILES string of the molecule is COc1cc2c3c(c(NC(C)C)nc2cc1OCCCN1CCCC1)CCC(C)N3.O=CO. The van der Waals surface area contributed by atoms with Crippen LogP contribution in [0.4, 0.5) is 11.5 Å². The fourth-order valence-electron chi connectivity index (χ4n) is 4.54. The van der Waals surface area contributed by atoms with Crippen LogP contribution in [0.5, 0.6) is 11.5 Å². The van der Waals surface area contributed by atoms with Crippen LogP contribution in [-0.4, -0.2) is 66.9 Å². The second-order valence-electron chi connectivity index (χ2n) is 9.07. The van der Waals surface area contributed by atoms with Gasteiger partial charge in [0.1, 0.15) is 5.82 Å². The van der Waals surface area contributed by atoms with Gasteiger partial charge in [-0.25, -0.2) is 4.98 Å². The molecule has 0 bridgehead atoms. The molecule has 8 heteroatoms. The van der Waals surface area contributed by atoms with E-state index in [0.29, 0.717) is 18.7 Å². The van der Waals surface area contributed by atoms with E-state index >= 15 is 0 Å². The quantitative estimate of drug-likeness (QED) is 0.396. The van der Waals surface area contributed by atoms with Crippen molar-refractivity contribution in [3.8, 4) is 11.5 Å². The molecule has 1 unspecified atom stereocenters. The van der Waals surface area contributed by atoms with Crippen molar-refractivity contribution in [1.29, 1.82) is 0 Å². The van der Waals surface area contributed by atoms with Crippen molar-refractivity contribution in [2.24, 2.45) is 0 Å². The molecule has 0 spiro atoms. The molecule has 8 nitrogen and oxygen atoms in total. The van der Waals surface area contributed by atoms with Crippen molar-refractivity contribution in [3.63, 3.8) is 0 Å². The smallest absolute Gasteiger partial charge is 0.290 e. The maximum atomic E-state index is 8.36. The summed E-state index contributed by atoms with van der Waals surface area (Å²) in [4.78, 5) is 15.9. The van der Waals surface area contributed by atoms with E-state index in [-0.39, 0.29) is 6.47 Å². The predicted molar refractivity (Wildman–Crippen MR) is 133 cm³/mol. The van der Waals surface area contributed by atoms with Gasteiger partial charge in [-0.3, -0.25) is 4.79 Å². The summed E-state index contributed by atoms with van der Waals surface area (Å²) in [5, 5.41) is 15.2. The Morgan fingerprint density at radius 3 is 2.70 bits per heavy atom. The molecule has 1 saturated heterocycles. The highest BCUT2D eigenvalue weighted by Crippen LogP contribution is 2.41. The number of anilines is 2. The highest BCUT2D eigenvalue weighted by atomic mass is 16.5. The van der Waals surface area contributed by atoms with Crippen molar-refractivity contribution in [1.82, 2.24) is 9.88 Å². The van der Waals surface area contributed by atoms with E-state index in [1.54, 1.807) is 7.11 Å². The first-order valence-corrected chi connectivity index (χ1v) is 12.0. The number of carbonyl (C=O) groups is 1. The van der Waals surface area contributed by atoms with Gasteiger partial charge < -0.3 is 30.1 Å². The fraction of sp³-hybridized carbons (Fsp3) is 0.600. The average Bonchev–Trinajstić information content (AvgIpc) is 3.30. The van der Waals surface area contributed by atoms with Crippen LogP contribution in [0.15, 0.2) is 12.1 Å². The summed E-state index contributed by atoms with van der Waals surface area (Å²) in [6.07, 6.45) is 5.82. The number of rotatable bonds is 8. The number of nitrogens with zero attached hydrogens (tertiary/aromatic N) is 2. The largest absolute Gasteiger partial charge is 0.493 e. The van der Waals surface area contributed by atoms with E-state index in [4.69, 9.17) is 24.4 Å². The maximum Gasteiger partial charge on any atom is 0.290 e. The van der Waals surface area contributed by atoms with Gasteiger partial charge in [0.2, 0.25) is 0 Å². The molecular weight excluding hydrogens is 420 g/mol. The lowest BCUT2D eigenvalue weighted by molar-refractivity contribution is -0.122. The molecule has 3 heterocycles. The molecule has 182 valence electrons. The first-order valence-electron chi connectivity index (χ1n) is 12.0. The Bertz CT molecular complexity index is 928. The van der Waals surface area contributed by atoms with Crippen LogP contribution < -0.4 is 20.1 Å². The summed E-state index contributed by atoms with van der Waals surface area (Å²) in [7, 11) is 1.71. The van der Waals surface area contributed by atoms with Crippen LogP contribution in [0.3, 0.4) is 0 Å². The molecule has 1 fully saturated rings. The zero-order valence-corrected chi connectivity index (χ0v) is 20.3. The topological polar surface area (TPSA) is 96.0 Å². The first kappa shape index (κ1) is 24.9. The molecule has 1 aromatic carbocycles. The number of pyridine rings is 1. The normalized spacial score (nSPS) is 17.7. The third-order valence-electron chi connectivity index (χ3n) is 6.09. The van der Waals surface area contributed by atoms with Crippen LogP contribution in [0, 0.1) is 0 Å². The molecule has 1 atom stereocenters. The van der Waals surface area contributed by atoms with E-state index in [1.807, 2.05) is 6.07 Å². The number of fused-ring (bicyclic) bond motifs is 3. The maximum absolute atomic E-state index is 8.36. The Labute approximate surface area is 196 Å². The van der Waals surface area contributed by atoms with Crippen LogP contribution in [0.25, 0.3) is 10.9 Å². The molecule has 0 radical (unpaired) electrons. The predicted octanol–water partition coefficient (Wildman–Crippen LogP) is 4.38. The number of ether oxygens (including phenoxy) is 2. The van der Waals surface area contributed by atoms with Crippen molar-refractivity contribution in [2.45, 2.75) is 65.0 Å². The number of hydrogen-bond donors (Lipinski definition) is 3. The lowest BCUT2D eigenvalue weighted by Gasteiger charge is -2.28. The third-order valence-corrected chi connectivity index (χ3v) is 6.09. The van der Waals surface area contributed by atoms with E-state index < -0.39 is 0 Å². The van der Waals surface area contributed by atoms with Gasteiger partial charge in [-0.1, -0.05) is 0 Å². The second kappa shape index (κ2) is 11.9. The minimum Gasteiger partial charge on any atom is -0.493 e. The Morgan fingerprint density at radius 1 is 1.30 bits per heavy atom. The van der Waals surface area contributed by atoms with E-state index in [2.05, 4.69) is 42.4 Å². The molecule has 1 aromatic heterocycles. The standard InChI is InChI=1S/C24H36N4O2.CH2O2/c1-16(2)25-24-18-9-8-17(3)26-23(18)19-14-21(29-4)22(15-20(19)27-24)30-13-7-12-28-10-5-6-11-28;2-1-3/h14-17,26H,5-13H2,1-4H3,(H,25,27);1H,(H,2,3). The number of hydrogen-bond acceptors (Lipinski definition) is 7. The molecule has 2 aliphatic rings. The molecule has 33 heavy (non-hydrogen) atoms. The fourth-order valence-corrected chi connectivity index (χ4v) is 4.54. The van der Waals surface area contributed by atoms with E-state index in [9.17, 15) is 0 Å². The van der Waals surface area contributed by atoms with E-state index in [0.717, 1.165) is 54.0 Å². The summed E-state index contributed by atoms with van der Waals surface area (Å²) in [5.41, 5.74) is 3.39. The lowest BCUT2D eigenvalue weighted by Crippen LogP contribution is -2.24. The van der Waals surface area contributed by atoms with Gasteiger partial charge in [0.05, 0.1) is 24.9 Å². The van der Waals surface area contributed by atoms with Gasteiger partial charge in [-0.05, 0) is 72.0 Å². The Hall–Kier alpha value is -2.74. The number of aromatic nitrogens is 1. The molecule has 2 aliphatic heterocycles. The van der Waals surface area contributed by atoms with Gasteiger partial charge in [-0.2, -0.15) is 0 Å². The Morgan fingerprint density at radius 2 is 2.03 bits per heavy atom. The average molecular weight is 459 g/mol. The first-order chi connectivity index (χ1) is 16.0. The summed E-state index contributed by atoms with van der Waals surface area (Å²) in [5.74, 6) is 2.53. The number of carboxylic acid groups (broad SMARTS) is 1. The summed E-state index contributed by atoms with van der Waals surface area (Å²) >= 11 is 0. The van der Waals surface area contributed by atoms with Crippen LogP contribution in [-0.2, 0) is 11.2 Å². The van der Waals surface area contributed by atoms with Gasteiger partial charge in [0.15, 0.2) is 11.5 Å². The molecule has 0 saturated carbocycles. The van der Waals surface area contributed by atoms with Crippen molar-refractivity contribution in [2.75, 3.05) is 44.0 Å². The van der Waals surface area contributed by atoms with Crippen molar-refractivity contribution in [3.05, 3.63) is 17.7 Å². The van der Waals surface area contributed by atoms with Gasteiger partial charge in [0.25, 0.3) is 6.47 Å². The van der Waals surface area contributed by atoms with Crippen LogP contribution in [0.2, 0.25) is 0 Å². The molecule has 0 aliphatic carbocycles. The molecule has 0 amide bonds. The van der Waals surface area contributed by atoms with Gasteiger partial charge in [0, 0.05) is 35.6 Å². The Balaban J connectivity index is 0.000000968. The summed E-state index contributed by atoms with van der Waals surface area (Å²) in [6, 6.07) is 4.90. The lowest BCUT2D eigenvalue weighted by atomic mass is 9.96. The summed E-state index contributed by atoms with van der Waals surface area (Å²) < 4.78 is 11.8. The molecule has 3 N–H and O–H groups in total. The highest BCUT2D eigenvalue weighted by molar-refractivity contribution is 5.98. The summed E-state index contributed by atoms with van der Waals surface area (Å²) in [6.45, 7) is 10.5. The van der Waals surface area contributed by atoms with Crippen molar-refractivity contribution < 1.29 is 19.4 Å². The zero-order chi connectivity index (χ0) is 23.8. The molecule has 2 aromatic rings.